The van der Waals surface area contributed by atoms with Gasteiger partial charge >= 0.3 is 0 Å². The van der Waals surface area contributed by atoms with Crippen molar-refractivity contribution in [2.24, 2.45) is 17.8 Å². The predicted molar refractivity (Wildman–Crippen MR) is 110 cm³/mol. The van der Waals surface area contributed by atoms with E-state index >= 15 is 0 Å². The van der Waals surface area contributed by atoms with E-state index in [1.54, 1.807) is 0 Å². The Kier molecular flexibility index (Phi) is 4.01. The Morgan fingerprint density at radius 2 is 1.70 bits per heavy atom. The molecule has 1 aromatic carbocycles. The van der Waals surface area contributed by atoms with Crippen molar-refractivity contribution in [3.8, 4) is 11.4 Å². The Labute approximate surface area is 174 Å². The van der Waals surface area contributed by atoms with E-state index in [9.17, 15) is 4.79 Å². The summed E-state index contributed by atoms with van der Waals surface area (Å²) in [6.07, 6.45) is 9.96. The molecule has 1 amide bonds. The van der Waals surface area contributed by atoms with Crippen molar-refractivity contribution in [1.82, 2.24) is 30.0 Å². The maximum atomic E-state index is 12.5. The zero-order chi connectivity index (χ0) is 20.1. The third-order valence-electron chi connectivity index (χ3n) is 7.12. The van der Waals surface area contributed by atoms with Crippen LogP contribution in [0.2, 0.25) is 0 Å². The van der Waals surface area contributed by atoms with E-state index < -0.39 is 0 Å². The molecule has 8 heteroatoms. The molecule has 2 heterocycles. The van der Waals surface area contributed by atoms with Gasteiger partial charge in [0.05, 0.1) is 5.54 Å². The zero-order valence-electron chi connectivity index (χ0n) is 16.8. The van der Waals surface area contributed by atoms with Gasteiger partial charge in [-0.2, -0.15) is 9.90 Å². The van der Waals surface area contributed by atoms with Crippen molar-refractivity contribution in [2.45, 2.75) is 50.6 Å². The van der Waals surface area contributed by atoms with Gasteiger partial charge in [-0.3, -0.25) is 9.48 Å². The Morgan fingerprint density at radius 3 is 2.40 bits per heavy atom. The molecule has 4 aliphatic rings. The van der Waals surface area contributed by atoms with Gasteiger partial charge in [0.1, 0.15) is 6.54 Å². The number of benzene rings is 1. The molecule has 0 aliphatic heterocycles. The van der Waals surface area contributed by atoms with Crippen LogP contribution < -0.4 is 5.32 Å². The SMILES string of the molecule is O=C(Cn1nnc(-c2ccccc2)n1)Nc1ccn(C23CC4CC(CC(C4)C2)C3)n1. The van der Waals surface area contributed by atoms with Gasteiger partial charge in [0.2, 0.25) is 11.7 Å². The van der Waals surface area contributed by atoms with Crippen molar-refractivity contribution < 1.29 is 4.79 Å². The van der Waals surface area contributed by atoms with Crippen LogP contribution in [0.15, 0.2) is 42.6 Å². The van der Waals surface area contributed by atoms with Crippen molar-refractivity contribution in [2.75, 3.05) is 5.32 Å². The molecule has 4 saturated carbocycles. The molecule has 0 unspecified atom stereocenters. The molecule has 0 atom stereocenters. The maximum absolute atomic E-state index is 12.5. The highest BCUT2D eigenvalue weighted by Gasteiger charge is 2.52. The number of amides is 1. The highest BCUT2D eigenvalue weighted by molar-refractivity contribution is 5.89. The lowest BCUT2D eigenvalue weighted by Crippen LogP contribution is -2.52. The number of tetrazole rings is 1. The number of carbonyl (C=O) groups excluding carboxylic acids is 1. The average Bonchev–Trinajstić information content (AvgIpc) is 3.38. The number of aromatic nitrogens is 6. The van der Waals surface area contributed by atoms with Crippen LogP contribution in [0.4, 0.5) is 5.82 Å². The summed E-state index contributed by atoms with van der Waals surface area (Å²) in [7, 11) is 0. The Bertz CT molecular complexity index is 1030. The predicted octanol–water partition coefficient (Wildman–Crippen LogP) is 3.10. The van der Waals surface area contributed by atoms with Gasteiger partial charge in [0, 0.05) is 17.8 Å². The fraction of sp³-hybridized carbons (Fsp3) is 0.500. The zero-order valence-corrected chi connectivity index (χ0v) is 16.8. The second kappa shape index (κ2) is 6.75. The van der Waals surface area contributed by atoms with Crippen LogP contribution in [0.1, 0.15) is 38.5 Å². The molecule has 154 valence electrons. The molecule has 0 radical (unpaired) electrons. The Hall–Kier alpha value is -3.03. The van der Waals surface area contributed by atoms with Gasteiger partial charge in [-0.25, -0.2) is 0 Å². The minimum absolute atomic E-state index is 0.00403. The van der Waals surface area contributed by atoms with Gasteiger partial charge in [0.15, 0.2) is 5.82 Å². The standard InChI is InChI=1S/C22H25N7O/c30-20(14-29-26-21(24-27-29)18-4-2-1-3-5-18)23-19-6-7-28(25-19)22-11-15-8-16(12-22)10-17(9-15)13-22/h1-7,15-17H,8-14H2,(H,23,25,30). The van der Waals surface area contributed by atoms with Crippen molar-refractivity contribution in [1.29, 1.82) is 0 Å². The first-order chi connectivity index (χ1) is 14.6. The summed E-state index contributed by atoms with van der Waals surface area (Å²) in [5.74, 6) is 3.47. The number of hydrogen-bond acceptors (Lipinski definition) is 5. The van der Waals surface area contributed by atoms with Crippen LogP contribution in [0, 0.1) is 17.8 Å². The molecule has 4 fully saturated rings. The largest absolute Gasteiger partial charge is 0.308 e. The van der Waals surface area contributed by atoms with Crippen LogP contribution in [0.3, 0.4) is 0 Å². The quantitative estimate of drug-likeness (QED) is 0.707. The first-order valence-corrected chi connectivity index (χ1v) is 10.8. The normalized spacial score (nSPS) is 29.3. The highest BCUT2D eigenvalue weighted by atomic mass is 16.2. The smallest absolute Gasteiger partial charge is 0.249 e. The topological polar surface area (TPSA) is 90.5 Å². The van der Waals surface area contributed by atoms with E-state index in [4.69, 9.17) is 5.10 Å². The minimum Gasteiger partial charge on any atom is -0.308 e. The van der Waals surface area contributed by atoms with Gasteiger partial charge < -0.3 is 5.32 Å². The van der Waals surface area contributed by atoms with Gasteiger partial charge in [-0.1, -0.05) is 30.3 Å². The van der Waals surface area contributed by atoms with Gasteiger partial charge in [-0.15, -0.1) is 10.2 Å². The van der Waals surface area contributed by atoms with Gasteiger partial charge in [-0.05, 0) is 61.5 Å². The van der Waals surface area contributed by atoms with Crippen LogP contribution in [0.25, 0.3) is 11.4 Å². The molecule has 0 saturated heterocycles. The van der Waals surface area contributed by atoms with E-state index in [0.717, 1.165) is 23.3 Å². The summed E-state index contributed by atoms with van der Waals surface area (Å²) in [4.78, 5) is 13.8. The van der Waals surface area contributed by atoms with E-state index in [2.05, 4.69) is 25.4 Å². The number of anilines is 1. The molecule has 7 rings (SSSR count). The van der Waals surface area contributed by atoms with Crippen LogP contribution >= 0.6 is 0 Å². The van der Waals surface area contributed by atoms with Crippen molar-refractivity contribution in [3.63, 3.8) is 0 Å². The third-order valence-corrected chi connectivity index (χ3v) is 7.12. The molecule has 4 aliphatic carbocycles. The van der Waals surface area contributed by atoms with E-state index in [1.807, 2.05) is 42.6 Å². The summed E-state index contributed by atoms with van der Waals surface area (Å²) >= 11 is 0. The molecule has 0 spiro atoms. The molecule has 1 N–H and O–H groups in total. The molecule has 3 aromatic rings. The fourth-order valence-electron chi connectivity index (χ4n) is 6.32. The number of carbonyl (C=O) groups is 1. The molecular formula is C22H25N7O. The Balaban J connectivity index is 1.13. The summed E-state index contributed by atoms with van der Waals surface area (Å²) in [5, 5.41) is 20.0. The number of nitrogens with one attached hydrogen (secondary N) is 1. The number of hydrogen-bond donors (Lipinski definition) is 1. The first kappa shape index (κ1) is 17.8. The van der Waals surface area contributed by atoms with Crippen LogP contribution in [-0.2, 0) is 16.9 Å². The minimum atomic E-state index is -0.206. The molecule has 30 heavy (non-hydrogen) atoms. The van der Waals surface area contributed by atoms with E-state index in [-0.39, 0.29) is 18.0 Å². The second-order valence-corrected chi connectivity index (χ2v) is 9.35. The lowest BCUT2D eigenvalue weighted by molar-refractivity contribution is -0.117. The van der Waals surface area contributed by atoms with Crippen LogP contribution in [0.5, 0.6) is 0 Å². The average molecular weight is 403 g/mol. The van der Waals surface area contributed by atoms with E-state index in [1.165, 1.54) is 43.3 Å². The third kappa shape index (κ3) is 3.11. The summed E-state index contributed by atoms with van der Waals surface area (Å²) < 4.78 is 2.15. The van der Waals surface area contributed by atoms with Crippen molar-refractivity contribution >= 4 is 11.7 Å². The molecular weight excluding hydrogens is 378 g/mol. The van der Waals surface area contributed by atoms with Gasteiger partial charge in [0.25, 0.3) is 0 Å². The monoisotopic (exact) mass is 403 g/mol. The summed E-state index contributed by atoms with van der Waals surface area (Å²) in [6, 6.07) is 11.5. The molecule has 2 aromatic heterocycles. The molecule has 4 bridgehead atoms. The highest BCUT2D eigenvalue weighted by Crippen LogP contribution is 2.58. The fourth-order valence-corrected chi connectivity index (χ4v) is 6.32. The van der Waals surface area contributed by atoms with E-state index in [0.29, 0.717) is 11.6 Å². The number of rotatable bonds is 5. The lowest BCUT2D eigenvalue weighted by Gasteiger charge is -2.56. The van der Waals surface area contributed by atoms with Crippen LogP contribution in [-0.4, -0.2) is 35.9 Å². The van der Waals surface area contributed by atoms with Crippen molar-refractivity contribution in [3.05, 3.63) is 42.6 Å². The lowest BCUT2D eigenvalue weighted by atomic mass is 9.53. The summed E-state index contributed by atoms with van der Waals surface area (Å²) in [5.41, 5.74) is 1.04. The second-order valence-electron chi connectivity index (χ2n) is 9.35. The summed E-state index contributed by atoms with van der Waals surface area (Å²) in [6.45, 7) is 0.00403. The Morgan fingerprint density at radius 1 is 1.00 bits per heavy atom. The maximum Gasteiger partial charge on any atom is 0.249 e. The molecule has 8 nitrogen and oxygen atoms in total. The first-order valence-electron chi connectivity index (χ1n) is 10.8. The number of nitrogens with zero attached hydrogens (tertiary/aromatic N) is 6.